The van der Waals surface area contributed by atoms with E-state index in [1.165, 1.54) is 6.07 Å². The first-order valence-electron chi connectivity index (χ1n) is 5.11. The van der Waals surface area contributed by atoms with Gasteiger partial charge in [-0.25, -0.2) is 9.37 Å². The molecule has 2 rings (SSSR count). The standard InChI is InChI=1S/C11H10F3N3O/c12-7-1-2-8(9(5-7)18-11(13)14)17-6-10-15-3-4-16-10/h1-5,11,17H,6H2,(H,15,16). The van der Waals surface area contributed by atoms with Crippen molar-refractivity contribution < 1.29 is 17.9 Å². The van der Waals surface area contributed by atoms with E-state index < -0.39 is 12.4 Å². The van der Waals surface area contributed by atoms with E-state index in [2.05, 4.69) is 20.0 Å². The van der Waals surface area contributed by atoms with Crippen molar-refractivity contribution in [3.8, 4) is 5.75 Å². The van der Waals surface area contributed by atoms with Gasteiger partial charge in [0, 0.05) is 18.5 Å². The van der Waals surface area contributed by atoms with Gasteiger partial charge in [0.05, 0.1) is 12.2 Å². The van der Waals surface area contributed by atoms with Gasteiger partial charge in [-0.3, -0.25) is 0 Å². The van der Waals surface area contributed by atoms with Crippen molar-refractivity contribution in [3.63, 3.8) is 0 Å². The molecule has 0 aliphatic carbocycles. The molecule has 0 radical (unpaired) electrons. The Morgan fingerprint density at radius 3 is 2.89 bits per heavy atom. The number of ether oxygens (including phenoxy) is 1. The van der Waals surface area contributed by atoms with Gasteiger partial charge in [0.1, 0.15) is 11.6 Å². The number of halogens is 3. The summed E-state index contributed by atoms with van der Waals surface area (Å²) in [6.07, 6.45) is 3.20. The van der Waals surface area contributed by atoms with Crippen LogP contribution < -0.4 is 10.1 Å². The first kappa shape index (κ1) is 12.3. The van der Waals surface area contributed by atoms with Crippen LogP contribution in [-0.4, -0.2) is 16.6 Å². The molecule has 1 heterocycles. The Balaban J connectivity index is 2.10. The normalized spacial score (nSPS) is 10.7. The highest BCUT2D eigenvalue weighted by Gasteiger charge is 2.11. The molecule has 0 saturated carbocycles. The average molecular weight is 257 g/mol. The third-order valence-corrected chi connectivity index (χ3v) is 2.16. The van der Waals surface area contributed by atoms with Gasteiger partial charge in [0.15, 0.2) is 5.75 Å². The number of aromatic nitrogens is 2. The van der Waals surface area contributed by atoms with Gasteiger partial charge >= 0.3 is 6.61 Å². The van der Waals surface area contributed by atoms with Crippen molar-refractivity contribution in [3.05, 3.63) is 42.2 Å². The van der Waals surface area contributed by atoms with Crippen LogP contribution in [-0.2, 0) is 6.54 Å². The van der Waals surface area contributed by atoms with Crippen LogP contribution in [0.4, 0.5) is 18.9 Å². The summed E-state index contributed by atoms with van der Waals surface area (Å²) < 4.78 is 41.5. The molecule has 4 nitrogen and oxygen atoms in total. The number of rotatable bonds is 5. The SMILES string of the molecule is Fc1ccc(NCc2ncc[nH]2)c(OC(F)F)c1. The number of H-pyrrole nitrogens is 1. The molecule has 0 spiro atoms. The number of hydrogen-bond acceptors (Lipinski definition) is 3. The number of benzene rings is 1. The third-order valence-electron chi connectivity index (χ3n) is 2.16. The topological polar surface area (TPSA) is 49.9 Å². The van der Waals surface area contributed by atoms with Crippen molar-refractivity contribution in [2.45, 2.75) is 13.2 Å². The average Bonchev–Trinajstić information content (AvgIpc) is 2.80. The first-order chi connectivity index (χ1) is 8.65. The Kier molecular flexibility index (Phi) is 3.71. The van der Waals surface area contributed by atoms with Crippen LogP contribution in [0.3, 0.4) is 0 Å². The summed E-state index contributed by atoms with van der Waals surface area (Å²) in [6.45, 7) is -2.71. The van der Waals surface area contributed by atoms with Gasteiger partial charge in [-0.1, -0.05) is 0 Å². The summed E-state index contributed by atoms with van der Waals surface area (Å²) in [4.78, 5) is 6.80. The minimum atomic E-state index is -3.00. The summed E-state index contributed by atoms with van der Waals surface area (Å²) in [5.41, 5.74) is 0.271. The van der Waals surface area contributed by atoms with Gasteiger partial charge in [-0.2, -0.15) is 8.78 Å². The Morgan fingerprint density at radius 1 is 1.39 bits per heavy atom. The number of alkyl halides is 2. The second-order valence-corrected chi connectivity index (χ2v) is 3.41. The highest BCUT2D eigenvalue weighted by molar-refractivity contribution is 5.56. The highest BCUT2D eigenvalue weighted by Crippen LogP contribution is 2.27. The Bertz CT molecular complexity index is 502. The summed E-state index contributed by atoms with van der Waals surface area (Å²) in [5.74, 6) is -0.256. The molecule has 0 saturated heterocycles. The number of nitrogens with one attached hydrogen (secondary N) is 2. The second-order valence-electron chi connectivity index (χ2n) is 3.41. The minimum absolute atomic E-state index is 0.239. The van der Waals surface area contributed by atoms with Crippen molar-refractivity contribution >= 4 is 5.69 Å². The van der Waals surface area contributed by atoms with E-state index in [0.29, 0.717) is 5.82 Å². The van der Waals surface area contributed by atoms with Crippen LogP contribution in [0.15, 0.2) is 30.6 Å². The maximum Gasteiger partial charge on any atom is 0.387 e. The van der Waals surface area contributed by atoms with E-state index in [9.17, 15) is 13.2 Å². The summed E-state index contributed by atoms with van der Waals surface area (Å²) >= 11 is 0. The number of anilines is 1. The summed E-state index contributed by atoms with van der Waals surface area (Å²) in [7, 11) is 0. The quantitative estimate of drug-likeness (QED) is 0.865. The molecule has 1 aromatic carbocycles. The molecule has 2 N–H and O–H groups in total. The fourth-order valence-corrected chi connectivity index (χ4v) is 1.41. The van der Waals surface area contributed by atoms with E-state index in [4.69, 9.17) is 0 Å². The maximum atomic E-state index is 12.9. The lowest BCUT2D eigenvalue weighted by molar-refractivity contribution is -0.0495. The van der Waals surface area contributed by atoms with E-state index in [-0.39, 0.29) is 18.0 Å². The number of aromatic amines is 1. The molecule has 18 heavy (non-hydrogen) atoms. The van der Waals surface area contributed by atoms with Crippen LogP contribution in [0.5, 0.6) is 5.75 Å². The van der Waals surface area contributed by atoms with Gasteiger partial charge < -0.3 is 15.0 Å². The molecule has 7 heteroatoms. The zero-order valence-electron chi connectivity index (χ0n) is 9.16. The second kappa shape index (κ2) is 5.44. The smallest absolute Gasteiger partial charge is 0.387 e. The highest BCUT2D eigenvalue weighted by atomic mass is 19.3. The molecule has 1 aromatic heterocycles. The zero-order valence-corrected chi connectivity index (χ0v) is 9.16. The van der Waals surface area contributed by atoms with Crippen LogP contribution in [0, 0.1) is 5.82 Å². The van der Waals surface area contributed by atoms with Crippen LogP contribution in [0.25, 0.3) is 0 Å². The first-order valence-corrected chi connectivity index (χ1v) is 5.11. The fourth-order valence-electron chi connectivity index (χ4n) is 1.41. The zero-order chi connectivity index (χ0) is 13.0. The molecule has 0 bridgehead atoms. The van der Waals surface area contributed by atoms with E-state index >= 15 is 0 Å². The lowest BCUT2D eigenvalue weighted by atomic mass is 10.3. The molecule has 0 aliphatic heterocycles. The molecule has 96 valence electrons. The van der Waals surface area contributed by atoms with Gasteiger partial charge in [-0.15, -0.1) is 0 Å². The van der Waals surface area contributed by atoms with E-state index in [1.54, 1.807) is 12.4 Å². The van der Waals surface area contributed by atoms with Crippen LogP contribution in [0.2, 0.25) is 0 Å². The predicted octanol–water partition coefficient (Wildman–Crippen LogP) is 2.76. The van der Waals surface area contributed by atoms with E-state index in [1.807, 2.05) is 0 Å². The van der Waals surface area contributed by atoms with Crippen molar-refractivity contribution in [2.24, 2.45) is 0 Å². The largest absolute Gasteiger partial charge is 0.433 e. The number of hydrogen-bond donors (Lipinski definition) is 2. The lowest BCUT2D eigenvalue weighted by Crippen LogP contribution is -2.07. The molecule has 0 aliphatic rings. The Labute approximate surface area is 101 Å². The van der Waals surface area contributed by atoms with Gasteiger partial charge in [0.25, 0.3) is 0 Å². The minimum Gasteiger partial charge on any atom is -0.433 e. The Morgan fingerprint density at radius 2 is 2.22 bits per heavy atom. The Hall–Kier alpha value is -2.18. The molecule has 0 unspecified atom stereocenters. The fraction of sp³-hybridized carbons (Fsp3) is 0.182. The van der Waals surface area contributed by atoms with Crippen LogP contribution >= 0.6 is 0 Å². The predicted molar refractivity (Wildman–Crippen MR) is 58.9 cm³/mol. The molecule has 0 amide bonds. The van der Waals surface area contributed by atoms with Gasteiger partial charge in [-0.05, 0) is 12.1 Å². The maximum absolute atomic E-state index is 12.9. The molecule has 0 fully saturated rings. The molecule has 0 atom stereocenters. The van der Waals surface area contributed by atoms with Crippen molar-refractivity contribution in [2.75, 3.05) is 5.32 Å². The third kappa shape index (κ3) is 3.16. The number of nitrogens with zero attached hydrogens (tertiary/aromatic N) is 1. The molecular weight excluding hydrogens is 247 g/mol. The number of imidazole rings is 1. The van der Waals surface area contributed by atoms with Crippen molar-refractivity contribution in [1.29, 1.82) is 0 Å². The van der Waals surface area contributed by atoms with Crippen LogP contribution in [0.1, 0.15) is 5.82 Å². The molecular formula is C11H10F3N3O. The van der Waals surface area contributed by atoms with Gasteiger partial charge in [0.2, 0.25) is 0 Å². The van der Waals surface area contributed by atoms with E-state index in [0.717, 1.165) is 12.1 Å². The molecule has 2 aromatic rings. The lowest BCUT2D eigenvalue weighted by Gasteiger charge is -2.11. The monoisotopic (exact) mass is 257 g/mol. The summed E-state index contributed by atoms with van der Waals surface area (Å²) in [6, 6.07) is 3.38. The summed E-state index contributed by atoms with van der Waals surface area (Å²) in [5, 5.41) is 2.83. The van der Waals surface area contributed by atoms with Crippen molar-refractivity contribution in [1.82, 2.24) is 9.97 Å².